The van der Waals surface area contributed by atoms with Crippen molar-refractivity contribution in [2.75, 3.05) is 5.75 Å². The normalized spacial score (nSPS) is 20.8. The molecule has 3 rings (SSSR count). The number of ether oxygens (including phenoxy) is 1. The topological polar surface area (TPSA) is 58.6 Å². The molecule has 0 saturated carbocycles. The lowest BCUT2D eigenvalue weighted by Gasteiger charge is -2.12. The SMILES string of the molecule is O=C(O)C1CSC(c2ccc(Oc3ccc(Cl)cc3)cc2)N1. The Morgan fingerprint density at radius 1 is 1.14 bits per heavy atom. The number of rotatable bonds is 4. The number of halogens is 1. The summed E-state index contributed by atoms with van der Waals surface area (Å²) in [6.07, 6.45) is 0. The summed E-state index contributed by atoms with van der Waals surface area (Å²) >= 11 is 7.43. The number of carboxylic acid groups (broad SMARTS) is 1. The van der Waals surface area contributed by atoms with Gasteiger partial charge in [0.1, 0.15) is 17.5 Å². The van der Waals surface area contributed by atoms with E-state index in [0.717, 1.165) is 17.1 Å². The third-order valence-electron chi connectivity index (χ3n) is 3.31. The fraction of sp³-hybridized carbons (Fsp3) is 0.188. The summed E-state index contributed by atoms with van der Waals surface area (Å²) in [6.45, 7) is 0. The molecule has 1 aliphatic heterocycles. The number of benzene rings is 2. The average molecular weight is 336 g/mol. The number of thioether (sulfide) groups is 1. The van der Waals surface area contributed by atoms with Crippen LogP contribution >= 0.6 is 23.4 Å². The molecule has 2 atom stereocenters. The Labute approximate surface area is 137 Å². The quantitative estimate of drug-likeness (QED) is 0.886. The Hall–Kier alpha value is -1.69. The van der Waals surface area contributed by atoms with Crippen molar-refractivity contribution >= 4 is 29.3 Å². The summed E-state index contributed by atoms with van der Waals surface area (Å²) in [6, 6.07) is 14.3. The first kappa shape index (κ1) is 15.2. The van der Waals surface area contributed by atoms with Gasteiger partial charge in [0, 0.05) is 10.8 Å². The van der Waals surface area contributed by atoms with Gasteiger partial charge in [0.15, 0.2) is 0 Å². The van der Waals surface area contributed by atoms with Gasteiger partial charge in [0.25, 0.3) is 0 Å². The Bertz CT molecular complexity index is 660. The summed E-state index contributed by atoms with van der Waals surface area (Å²) in [5.74, 6) is 1.21. The van der Waals surface area contributed by atoms with E-state index in [1.54, 1.807) is 23.9 Å². The van der Waals surface area contributed by atoms with E-state index in [4.69, 9.17) is 21.4 Å². The first-order valence-electron chi connectivity index (χ1n) is 6.76. The molecule has 0 bridgehead atoms. The van der Waals surface area contributed by atoms with Crippen molar-refractivity contribution in [3.8, 4) is 11.5 Å². The van der Waals surface area contributed by atoms with Crippen molar-refractivity contribution in [2.24, 2.45) is 0 Å². The first-order chi connectivity index (χ1) is 10.6. The average Bonchev–Trinajstić information content (AvgIpc) is 3.00. The van der Waals surface area contributed by atoms with Gasteiger partial charge in [-0.15, -0.1) is 11.8 Å². The number of aliphatic carboxylic acids is 1. The van der Waals surface area contributed by atoms with Crippen LogP contribution in [0, 0.1) is 0 Å². The smallest absolute Gasteiger partial charge is 0.321 e. The second kappa shape index (κ2) is 6.60. The number of hydrogen-bond acceptors (Lipinski definition) is 4. The fourth-order valence-electron chi connectivity index (χ4n) is 2.16. The molecule has 6 heteroatoms. The molecule has 1 fully saturated rings. The van der Waals surface area contributed by atoms with E-state index in [2.05, 4.69) is 5.32 Å². The van der Waals surface area contributed by atoms with Crippen LogP contribution in [0.15, 0.2) is 48.5 Å². The van der Waals surface area contributed by atoms with E-state index >= 15 is 0 Å². The molecular weight excluding hydrogens is 322 g/mol. The molecule has 2 N–H and O–H groups in total. The largest absolute Gasteiger partial charge is 0.480 e. The number of hydrogen-bond donors (Lipinski definition) is 2. The van der Waals surface area contributed by atoms with Gasteiger partial charge in [-0.3, -0.25) is 10.1 Å². The summed E-state index contributed by atoms with van der Waals surface area (Å²) in [7, 11) is 0. The number of carboxylic acids is 1. The number of nitrogens with one attached hydrogen (secondary N) is 1. The summed E-state index contributed by atoms with van der Waals surface area (Å²) in [5, 5.41) is 12.8. The zero-order chi connectivity index (χ0) is 15.5. The second-order valence-corrected chi connectivity index (χ2v) is 6.47. The van der Waals surface area contributed by atoms with Crippen molar-refractivity contribution in [1.82, 2.24) is 5.32 Å². The van der Waals surface area contributed by atoms with Gasteiger partial charge in [-0.1, -0.05) is 23.7 Å². The summed E-state index contributed by atoms with van der Waals surface area (Å²) in [5.41, 5.74) is 1.04. The van der Waals surface area contributed by atoms with Crippen LogP contribution in [0.3, 0.4) is 0 Å². The predicted molar refractivity (Wildman–Crippen MR) is 87.7 cm³/mol. The molecule has 4 nitrogen and oxygen atoms in total. The van der Waals surface area contributed by atoms with Gasteiger partial charge < -0.3 is 9.84 Å². The molecule has 0 amide bonds. The molecule has 22 heavy (non-hydrogen) atoms. The molecule has 0 aliphatic carbocycles. The lowest BCUT2D eigenvalue weighted by atomic mass is 10.2. The van der Waals surface area contributed by atoms with E-state index in [1.165, 1.54) is 0 Å². The fourth-order valence-corrected chi connectivity index (χ4v) is 3.52. The maximum atomic E-state index is 11.0. The summed E-state index contributed by atoms with van der Waals surface area (Å²) < 4.78 is 5.73. The lowest BCUT2D eigenvalue weighted by molar-refractivity contribution is -0.138. The van der Waals surface area contributed by atoms with Crippen LogP contribution in [0.5, 0.6) is 11.5 Å². The molecule has 0 spiro atoms. The lowest BCUT2D eigenvalue weighted by Crippen LogP contribution is -2.33. The van der Waals surface area contributed by atoms with Crippen molar-refractivity contribution < 1.29 is 14.6 Å². The highest BCUT2D eigenvalue weighted by Gasteiger charge is 2.30. The van der Waals surface area contributed by atoms with Gasteiger partial charge >= 0.3 is 5.97 Å². The third kappa shape index (κ3) is 3.55. The minimum absolute atomic E-state index is 0.00526. The van der Waals surface area contributed by atoms with Gasteiger partial charge in [-0.05, 0) is 42.0 Å². The zero-order valence-electron chi connectivity index (χ0n) is 11.5. The van der Waals surface area contributed by atoms with E-state index < -0.39 is 12.0 Å². The molecule has 2 aromatic carbocycles. The van der Waals surface area contributed by atoms with Gasteiger partial charge in [0.05, 0.1) is 5.37 Å². The highest BCUT2D eigenvalue weighted by Crippen LogP contribution is 2.34. The molecule has 114 valence electrons. The van der Waals surface area contributed by atoms with E-state index in [-0.39, 0.29) is 5.37 Å². The maximum absolute atomic E-state index is 11.0. The van der Waals surface area contributed by atoms with Crippen LogP contribution in [-0.2, 0) is 4.79 Å². The Morgan fingerprint density at radius 3 is 2.27 bits per heavy atom. The van der Waals surface area contributed by atoms with E-state index in [1.807, 2.05) is 36.4 Å². The maximum Gasteiger partial charge on any atom is 0.321 e. The molecule has 1 saturated heterocycles. The van der Waals surface area contributed by atoms with Crippen molar-refractivity contribution in [2.45, 2.75) is 11.4 Å². The monoisotopic (exact) mass is 335 g/mol. The van der Waals surface area contributed by atoms with Crippen molar-refractivity contribution in [3.05, 3.63) is 59.1 Å². The van der Waals surface area contributed by atoms with Crippen molar-refractivity contribution in [1.29, 1.82) is 0 Å². The van der Waals surface area contributed by atoms with Crippen LogP contribution in [0.25, 0.3) is 0 Å². The van der Waals surface area contributed by atoms with Crippen LogP contribution in [0.4, 0.5) is 0 Å². The molecular formula is C16H14ClNO3S. The van der Waals surface area contributed by atoms with Gasteiger partial charge in [0.2, 0.25) is 0 Å². The van der Waals surface area contributed by atoms with Crippen molar-refractivity contribution in [3.63, 3.8) is 0 Å². The van der Waals surface area contributed by atoms with Crippen LogP contribution in [0.2, 0.25) is 5.02 Å². The standard InChI is InChI=1S/C16H14ClNO3S/c17-11-3-7-13(8-4-11)21-12-5-1-10(2-6-12)15-18-14(9-22-15)16(19)20/h1-8,14-15,18H,9H2,(H,19,20). The van der Waals surface area contributed by atoms with E-state index in [0.29, 0.717) is 10.8 Å². The molecule has 0 aromatic heterocycles. The molecule has 2 aromatic rings. The second-order valence-electron chi connectivity index (χ2n) is 4.90. The van der Waals surface area contributed by atoms with Gasteiger partial charge in [-0.25, -0.2) is 0 Å². The van der Waals surface area contributed by atoms with Gasteiger partial charge in [-0.2, -0.15) is 0 Å². The highest BCUT2D eigenvalue weighted by atomic mass is 35.5. The first-order valence-corrected chi connectivity index (χ1v) is 8.18. The molecule has 1 aliphatic rings. The number of carbonyl (C=O) groups is 1. The third-order valence-corrected chi connectivity index (χ3v) is 4.83. The minimum atomic E-state index is -0.808. The Balaban J connectivity index is 1.65. The van der Waals surface area contributed by atoms with Crippen LogP contribution in [0.1, 0.15) is 10.9 Å². The van der Waals surface area contributed by atoms with Crippen LogP contribution in [-0.4, -0.2) is 22.9 Å². The molecule has 0 radical (unpaired) electrons. The highest BCUT2D eigenvalue weighted by molar-refractivity contribution is 7.99. The van der Waals surface area contributed by atoms with Crippen LogP contribution < -0.4 is 10.1 Å². The molecule has 1 heterocycles. The summed E-state index contributed by atoms with van der Waals surface area (Å²) in [4.78, 5) is 11.0. The molecule has 2 unspecified atom stereocenters. The Morgan fingerprint density at radius 2 is 1.73 bits per heavy atom. The predicted octanol–water partition coefficient (Wildman–Crippen LogP) is 3.92. The zero-order valence-corrected chi connectivity index (χ0v) is 13.1. The minimum Gasteiger partial charge on any atom is -0.480 e. The van der Waals surface area contributed by atoms with E-state index in [9.17, 15) is 4.79 Å². The Kier molecular flexibility index (Phi) is 4.57.